The Bertz CT molecular complexity index is 1680. The Balaban J connectivity index is 1.39. The van der Waals surface area contributed by atoms with E-state index in [-0.39, 0.29) is 0 Å². The van der Waals surface area contributed by atoms with E-state index in [0.717, 1.165) is 33.4 Å². The molecular formula is C28H23ClN6O2. The standard InChI is InChI=1S/C28H23ClN6O2/c1-4-30-27-16-22(10-12-35(27)3)37-25-8-5-19(13-18(25)2)34-28-23-14-20(6-7-24(23)32-17-33-28)36-21-9-11-31-26(29)15-21/h4-17H,1H2,2-3H3,(H,32,33,34). The van der Waals surface area contributed by atoms with Gasteiger partial charge in [0.05, 0.1) is 5.52 Å². The minimum absolute atomic E-state index is 0.361. The van der Waals surface area contributed by atoms with Gasteiger partial charge in [-0.2, -0.15) is 0 Å². The van der Waals surface area contributed by atoms with Crippen LogP contribution in [0.4, 0.5) is 11.5 Å². The lowest BCUT2D eigenvalue weighted by Gasteiger charge is -2.13. The summed E-state index contributed by atoms with van der Waals surface area (Å²) in [5.41, 5.74) is 3.35. The molecule has 0 unspecified atom stereocenters. The molecule has 37 heavy (non-hydrogen) atoms. The van der Waals surface area contributed by atoms with Crippen molar-refractivity contribution in [1.82, 2.24) is 19.5 Å². The van der Waals surface area contributed by atoms with E-state index in [0.29, 0.717) is 28.2 Å². The van der Waals surface area contributed by atoms with Crippen molar-refractivity contribution in [3.05, 3.63) is 108 Å². The zero-order valence-electron chi connectivity index (χ0n) is 20.2. The van der Waals surface area contributed by atoms with Crippen molar-refractivity contribution in [3.8, 4) is 23.0 Å². The number of hydrogen-bond donors (Lipinski definition) is 1. The third-order valence-corrected chi connectivity index (χ3v) is 5.73. The van der Waals surface area contributed by atoms with Gasteiger partial charge in [-0.1, -0.05) is 18.2 Å². The number of halogens is 1. The van der Waals surface area contributed by atoms with Crippen LogP contribution < -0.4 is 20.3 Å². The molecule has 0 bridgehead atoms. The predicted molar refractivity (Wildman–Crippen MR) is 145 cm³/mol. The third-order valence-electron chi connectivity index (χ3n) is 5.52. The molecular weight excluding hydrogens is 488 g/mol. The zero-order valence-corrected chi connectivity index (χ0v) is 21.0. The molecule has 0 radical (unpaired) electrons. The van der Waals surface area contributed by atoms with E-state index in [4.69, 9.17) is 21.1 Å². The maximum atomic E-state index is 6.12. The molecule has 0 spiro atoms. The van der Waals surface area contributed by atoms with Crippen LogP contribution in [0.25, 0.3) is 10.9 Å². The molecule has 0 aliphatic rings. The number of hydrogen-bond acceptors (Lipinski definition) is 7. The lowest BCUT2D eigenvalue weighted by atomic mass is 10.2. The second kappa shape index (κ2) is 10.5. The maximum absolute atomic E-state index is 6.12. The van der Waals surface area contributed by atoms with Crippen molar-refractivity contribution in [2.45, 2.75) is 6.92 Å². The number of anilines is 2. The van der Waals surface area contributed by atoms with Gasteiger partial charge in [0, 0.05) is 48.8 Å². The number of benzene rings is 2. The molecule has 3 heterocycles. The number of pyridine rings is 2. The van der Waals surface area contributed by atoms with Crippen LogP contribution in [-0.2, 0) is 7.05 Å². The first-order valence-electron chi connectivity index (χ1n) is 11.4. The van der Waals surface area contributed by atoms with Crippen molar-refractivity contribution in [2.75, 3.05) is 5.32 Å². The van der Waals surface area contributed by atoms with Crippen molar-refractivity contribution < 1.29 is 9.47 Å². The summed E-state index contributed by atoms with van der Waals surface area (Å²) in [7, 11) is 1.92. The van der Waals surface area contributed by atoms with Gasteiger partial charge in [0.15, 0.2) is 0 Å². The summed E-state index contributed by atoms with van der Waals surface area (Å²) in [5.74, 6) is 3.30. The van der Waals surface area contributed by atoms with E-state index in [1.807, 2.05) is 73.3 Å². The monoisotopic (exact) mass is 510 g/mol. The Morgan fingerprint density at radius 2 is 1.78 bits per heavy atom. The normalized spacial score (nSPS) is 11.4. The second-order valence-electron chi connectivity index (χ2n) is 8.17. The number of nitrogens with one attached hydrogen (secondary N) is 1. The fraction of sp³-hybridized carbons (Fsp3) is 0.0714. The molecule has 9 heteroatoms. The molecule has 0 saturated heterocycles. The zero-order chi connectivity index (χ0) is 25.8. The Hall–Kier alpha value is -4.69. The minimum atomic E-state index is 0.361. The second-order valence-corrected chi connectivity index (χ2v) is 8.56. The van der Waals surface area contributed by atoms with E-state index >= 15 is 0 Å². The first-order valence-corrected chi connectivity index (χ1v) is 11.8. The average molecular weight is 511 g/mol. The van der Waals surface area contributed by atoms with Crippen LogP contribution in [0.2, 0.25) is 5.15 Å². The fourth-order valence-corrected chi connectivity index (χ4v) is 3.88. The fourth-order valence-electron chi connectivity index (χ4n) is 3.71. The van der Waals surface area contributed by atoms with Gasteiger partial charge in [0.2, 0.25) is 0 Å². The first kappa shape index (κ1) is 24.0. The van der Waals surface area contributed by atoms with Crippen molar-refractivity contribution >= 4 is 34.0 Å². The van der Waals surface area contributed by atoms with Gasteiger partial charge >= 0.3 is 0 Å². The van der Waals surface area contributed by atoms with Crippen molar-refractivity contribution in [1.29, 1.82) is 0 Å². The van der Waals surface area contributed by atoms with Crippen LogP contribution in [0.15, 0.2) is 97.2 Å². The van der Waals surface area contributed by atoms with Gasteiger partial charge in [0.25, 0.3) is 0 Å². The van der Waals surface area contributed by atoms with Crippen LogP contribution in [-0.4, -0.2) is 19.5 Å². The highest BCUT2D eigenvalue weighted by Crippen LogP contribution is 2.32. The molecule has 0 saturated carbocycles. The third kappa shape index (κ3) is 5.60. The maximum Gasteiger partial charge on any atom is 0.141 e. The number of aryl methyl sites for hydroxylation is 2. The molecule has 0 atom stereocenters. The number of aromatic nitrogens is 4. The summed E-state index contributed by atoms with van der Waals surface area (Å²) in [6.07, 6.45) is 6.52. The summed E-state index contributed by atoms with van der Waals surface area (Å²) < 4.78 is 14.0. The van der Waals surface area contributed by atoms with Gasteiger partial charge in [-0.05, 0) is 61.0 Å². The Morgan fingerprint density at radius 3 is 2.59 bits per heavy atom. The van der Waals surface area contributed by atoms with E-state index in [1.165, 1.54) is 12.5 Å². The lowest BCUT2D eigenvalue weighted by Crippen LogP contribution is -2.15. The molecule has 0 aliphatic heterocycles. The Morgan fingerprint density at radius 1 is 0.946 bits per heavy atom. The van der Waals surface area contributed by atoms with Gasteiger partial charge in [-0.15, -0.1) is 0 Å². The molecule has 184 valence electrons. The lowest BCUT2D eigenvalue weighted by molar-refractivity contribution is 0.475. The van der Waals surface area contributed by atoms with Gasteiger partial charge < -0.3 is 19.4 Å². The molecule has 8 nitrogen and oxygen atoms in total. The Labute approximate surface area is 218 Å². The van der Waals surface area contributed by atoms with Crippen LogP contribution in [0, 0.1) is 6.92 Å². The summed E-state index contributed by atoms with van der Waals surface area (Å²) in [6, 6.07) is 18.6. The Kier molecular flexibility index (Phi) is 6.83. The van der Waals surface area contributed by atoms with E-state index in [1.54, 1.807) is 18.3 Å². The average Bonchev–Trinajstić information content (AvgIpc) is 2.88. The number of ether oxygens (including phenoxy) is 2. The minimum Gasteiger partial charge on any atom is -0.457 e. The van der Waals surface area contributed by atoms with E-state index in [9.17, 15) is 0 Å². The van der Waals surface area contributed by atoms with Crippen LogP contribution >= 0.6 is 11.6 Å². The van der Waals surface area contributed by atoms with Gasteiger partial charge in [-0.25, -0.2) is 19.9 Å². The van der Waals surface area contributed by atoms with Crippen LogP contribution in [0.1, 0.15) is 5.56 Å². The molecule has 3 aromatic heterocycles. The SMILES string of the molecule is C=CN=c1cc(Oc2ccc(Nc3ncnc4ccc(Oc5ccnc(Cl)c5)cc34)cc2C)ccn1C. The summed E-state index contributed by atoms with van der Waals surface area (Å²) >= 11 is 5.98. The molecule has 0 amide bonds. The van der Waals surface area contributed by atoms with Gasteiger partial charge in [-0.3, -0.25) is 0 Å². The quantitative estimate of drug-likeness (QED) is 0.245. The molecule has 0 aliphatic carbocycles. The molecule has 0 fully saturated rings. The van der Waals surface area contributed by atoms with Gasteiger partial charge in [0.1, 0.15) is 45.8 Å². The highest BCUT2D eigenvalue weighted by molar-refractivity contribution is 6.29. The molecule has 5 rings (SSSR count). The highest BCUT2D eigenvalue weighted by atomic mass is 35.5. The predicted octanol–water partition coefficient (Wildman–Crippen LogP) is 6.70. The van der Waals surface area contributed by atoms with Crippen LogP contribution in [0.5, 0.6) is 23.0 Å². The summed E-state index contributed by atoms with van der Waals surface area (Å²) in [5, 5.41) is 4.56. The summed E-state index contributed by atoms with van der Waals surface area (Å²) in [4.78, 5) is 17.1. The highest BCUT2D eigenvalue weighted by Gasteiger charge is 2.09. The van der Waals surface area contributed by atoms with Crippen molar-refractivity contribution in [3.63, 3.8) is 0 Å². The van der Waals surface area contributed by atoms with E-state index in [2.05, 4.69) is 31.8 Å². The van der Waals surface area contributed by atoms with Crippen molar-refractivity contribution in [2.24, 2.45) is 12.0 Å². The smallest absolute Gasteiger partial charge is 0.141 e. The first-order chi connectivity index (χ1) is 18.0. The summed E-state index contributed by atoms with van der Waals surface area (Å²) in [6.45, 7) is 5.65. The number of fused-ring (bicyclic) bond motifs is 1. The number of nitrogens with zero attached hydrogens (tertiary/aromatic N) is 5. The molecule has 5 aromatic rings. The van der Waals surface area contributed by atoms with E-state index < -0.39 is 0 Å². The molecule has 2 aromatic carbocycles. The number of rotatable bonds is 7. The largest absolute Gasteiger partial charge is 0.457 e. The molecule has 1 N–H and O–H groups in total. The topological polar surface area (TPSA) is 86.4 Å². The van der Waals surface area contributed by atoms with Crippen LogP contribution in [0.3, 0.4) is 0 Å².